The van der Waals surface area contributed by atoms with Crippen molar-refractivity contribution in [1.29, 1.82) is 0 Å². The normalized spacial score (nSPS) is 22.3. The summed E-state index contributed by atoms with van der Waals surface area (Å²) in [7, 11) is 0. The summed E-state index contributed by atoms with van der Waals surface area (Å²) in [4.78, 5) is 23.2. The Balaban J connectivity index is 1.96. The van der Waals surface area contributed by atoms with E-state index in [0.29, 0.717) is 30.2 Å². The first-order chi connectivity index (χ1) is 9.47. The van der Waals surface area contributed by atoms with E-state index in [2.05, 4.69) is 21.2 Å². The number of rotatable bonds is 3. The molecule has 1 aromatic rings. The number of nitrogens with one attached hydrogen (secondary N) is 1. The van der Waals surface area contributed by atoms with Crippen LogP contribution in [0, 0.1) is 11.7 Å². The zero-order valence-electron chi connectivity index (χ0n) is 10.9. The van der Waals surface area contributed by atoms with Gasteiger partial charge in [-0.25, -0.2) is 4.39 Å². The highest BCUT2D eigenvalue weighted by Crippen LogP contribution is 2.25. The minimum Gasteiger partial charge on any atom is -0.369 e. The van der Waals surface area contributed by atoms with E-state index in [1.807, 2.05) is 0 Å². The van der Waals surface area contributed by atoms with Crippen LogP contribution in [0.2, 0.25) is 0 Å². The molecular formula is C14H16BrFN2O2. The topological polar surface area (TPSA) is 72.2 Å². The second-order valence-corrected chi connectivity index (χ2v) is 5.90. The minimum atomic E-state index is -0.448. The lowest BCUT2D eigenvalue weighted by Gasteiger charge is -2.27. The molecule has 1 aromatic carbocycles. The maximum absolute atomic E-state index is 13.2. The Labute approximate surface area is 125 Å². The van der Waals surface area contributed by atoms with Crippen molar-refractivity contribution in [2.75, 3.05) is 0 Å². The molecule has 0 bridgehead atoms. The number of primary amides is 1. The molecule has 0 atom stereocenters. The standard InChI is InChI=1S/C14H16BrFN2O2/c15-12-6-3-9(16)7-11(12)14(20)18-10-4-1-8(2-5-10)13(17)19/h3,6-8,10H,1-2,4-5H2,(H2,17,19)(H,18,20). The zero-order chi connectivity index (χ0) is 14.7. The SMILES string of the molecule is NC(=O)C1CCC(NC(=O)c2cc(F)ccc2Br)CC1. The molecule has 0 radical (unpaired) electrons. The van der Waals surface area contributed by atoms with Gasteiger partial charge in [0.15, 0.2) is 0 Å². The van der Waals surface area contributed by atoms with Crippen LogP contribution in [0.25, 0.3) is 0 Å². The summed E-state index contributed by atoms with van der Waals surface area (Å²) in [6.07, 6.45) is 2.80. The van der Waals surface area contributed by atoms with Crippen molar-refractivity contribution in [3.8, 4) is 0 Å². The van der Waals surface area contributed by atoms with Gasteiger partial charge in [-0.15, -0.1) is 0 Å². The first-order valence-corrected chi connectivity index (χ1v) is 7.32. The van der Waals surface area contributed by atoms with E-state index >= 15 is 0 Å². The van der Waals surface area contributed by atoms with Gasteiger partial charge < -0.3 is 11.1 Å². The van der Waals surface area contributed by atoms with Crippen LogP contribution in [0.4, 0.5) is 4.39 Å². The van der Waals surface area contributed by atoms with Crippen LogP contribution in [-0.2, 0) is 4.79 Å². The molecule has 0 unspecified atom stereocenters. The van der Waals surface area contributed by atoms with Crippen LogP contribution in [0.15, 0.2) is 22.7 Å². The third-order valence-electron chi connectivity index (χ3n) is 3.64. The monoisotopic (exact) mass is 342 g/mol. The van der Waals surface area contributed by atoms with Gasteiger partial charge in [0.1, 0.15) is 5.82 Å². The van der Waals surface area contributed by atoms with Crippen molar-refractivity contribution in [3.63, 3.8) is 0 Å². The van der Waals surface area contributed by atoms with Gasteiger partial charge in [0.25, 0.3) is 5.91 Å². The first-order valence-electron chi connectivity index (χ1n) is 6.52. The largest absolute Gasteiger partial charge is 0.369 e. The van der Waals surface area contributed by atoms with Crippen LogP contribution in [0.5, 0.6) is 0 Å². The maximum atomic E-state index is 13.2. The number of hydrogen-bond acceptors (Lipinski definition) is 2. The lowest BCUT2D eigenvalue weighted by molar-refractivity contribution is -0.122. The molecule has 0 heterocycles. The van der Waals surface area contributed by atoms with Gasteiger partial charge >= 0.3 is 0 Å². The van der Waals surface area contributed by atoms with Crippen LogP contribution in [0.1, 0.15) is 36.0 Å². The lowest BCUT2D eigenvalue weighted by atomic mass is 9.85. The van der Waals surface area contributed by atoms with Crippen LogP contribution in [-0.4, -0.2) is 17.9 Å². The van der Waals surface area contributed by atoms with Gasteiger partial charge in [-0.2, -0.15) is 0 Å². The fourth-order valence-electron chi connectivity index (χ4n) is 2.46. The summed E-state index contributed by atoms with van der Waals surface area (Å²) < 4.78 is 13.7. The average Bonchev–Trinajstić information content (AvgIpc) is 2.42. The fraction of sp³-hybridized carbons (Fsp3) is 0.429. The Kier molecular flexibility index (Phi) is 4.75. The summed E-state index contributed by atoms with van der Waals surface area (Å²) in [6, 6.07) is 4.01. The summed E-state index contributed by atoms with van der Waals surface area (Å²) in [5.74, 6) is -1.12. The number of carbonyl (C=O) groups excluding carboxylic acids is 2. The lowest BCUT2D eigenvalue weighted by Crippen LogP contribution is -2.39. The van der Waals surface area contributed by atoms with Crippen molar-refractivity contribution in [2.45, 2.75) is 31.7 Å². The smallest absolute Gasteiger partial charge is 0.252 e. The number of nitrogens with two attached hydrogens (primary N) is 1. The molecule has 0 spiro atoms. The quantitative estimate of drug-likeness (QED) is 0.884. The molecule has 0 aromatic heterocycles. The van der Waals surface area contributed by atoms with Gasteiger partial charge in [-0.05, 0) is 59.8 Å². The molecule has 0 saturated heterocycles. The number of hydrogen-bond donors (Lipinski definition) is 2. The number of amides is 2. The van der Waals surface area contributed by atoms with Gasteiger partial charge in [-0.1, -0.05) is 0 Å². The summed E-state index contributed by atoms with van der Waals surface area (Å²) >= 11 is 3.24. The van der Waals surface area contributed by atoms with E-state index in [4.69, 9.17) is 5.73 Å². The highest BCUT2D eigenvalue weighted by molar-refractivity contribution is 9.10. The molecule has 0 aliphatic heterocycles. The van der Waals surface area contributed by atoms with Gasteiger partial charge in [-0.3, -0.25) is 9.59 Å². The van der Waals surface area contributed by atoms with E-state index in [1.54, 1.807) is 0 Å². The van der Waals surface area contributed by atoms with Gasteiger partial charge in [0, 0.05) is 16.4 Å². The number of halogens is 2. The first kappa shape index (κ1) is 15.0. The minimum absolute atomic E-state index is 0.00765. The molecule has 1 saturated carbocycles. The Morgan fingerprint density at radius 1 is 1.25 bits per heavy atom. The molecule has 1 aliphatic rings. The van der Waals surface area contributed by atoms with Crippen molar-refractivity contribution in [2.24, 2.45) is 11.7 Å². The van der Waals surface area contributed by atoms with Crippen LogP contribution >= 0.6 is 15.9 Å². The second kappa shape index (κ2) is 6.35. The summed E-state index contributed by atoms with van der Waals surface area (Å²) in [5, 5.41) is 2.87. The van der Waals surface area contributed by atoms with Gasteiger partial charge in [0.2, 0.25) is 5.91 Å². The predicted molar refractivity (Wildman–Crippen MR) is 76.5 cm³/mol. The van der Waals surface area contributed by atoms with E-state index < -0.39 is 5.82 Å². The third kappa shape index (κ3) is 3.56. The van der Waals surface area contributed by atoms with E-state index in [0.717, 1.165) is 0 Å². The van der Waals surface area contributed by atoms with Crippen LogP contribution in [0.3, 0.4) is 0 Å². The highest BCUT2D eigenvalue weighted by atomic mass is 79.9. The summed E-state index contributed by atoms with van der Waals surface area (Å²) in [5.41, 5.74) is 5.55. The molecule has 20 heavy (non-hydrogen) atoms. The fourth-order valence-corrected chi connectivity index (χ4v) is 2.88. The maximum Gasteiger partial charge on any atom is 0.252 e. The van der Waals surface area contributed by atoms with E-state index in [1.165, 1.54) is 18.2 Å². The predicted octanol–water partition coefficient (Wildman–Crippen LogP) is 2.36. The molecule has 3 N–H and O–H groups in total. The molecule has 6 heteroatoms. The van der Waals surface area contributed by atoms with Crippen molar-refractivity contribution < 1.29 is 14.0 Å². The van der Waals surface area contributed by atoms with E-state index in [-0.39, 0.29) is 29.3 Å². The average molecular weight is 343 g/mol. The summed E-state index contributed by atoms with van der Waals surface area (Å²) in [6.45, 7) is 0. The Bertz CT molecular complexity index is 528. The molecule has 4 nitrogen and oxygen atoms in total. The molecule has 1 fully saturated rings. The Hall–Kier alpha value is -1.43. The zero-order valence-corrected chi connectivity index (χ0v) is 12.5. The molecule has 108 valence electrons. The third-order valence-corrected chi connectivity index (χ3v) is 4.33. The van der Waals surface area contributed by atoms with Crippen molar-refractivity contribution in [3.05, 3.63) is 34.1 Å². The van der Waals surface area contributed by atoms with Crippen molar-refractivity contribution in [1.82, 2.24) is 5.32 Å². The Morgan fingerprint density at radius 3 is 2.50 bits per heavy atom. The molecule has 1 aliphatic carbocycles. The van der Waals surface area contributed by atoms with Crippen LogP contribution < -0.4 is 11.1 Å². The molecule has 2 rings (SSSR count). The van der Waals surface area contributed by atoms with E-state index in [9.17, 15) is 14.0 Å². The molecular weight excluding hydrogens is 327 g/mol. The molecule has 2 amide bonds. The number of benzene rings is 1. The second-order valence-electron chi connectivity index (χ2n) is 5.05. The Morgan fingerprint density at radius 2 is 1.90 bits per heavy atom. The highest BCUT2D eigenvalue weighted by Gasteiger charge is 2.26. The van der Waals surface area contributed by atoms with Crippen molar-refractivity contribution >= 4 is 27.7 Å². The number of carbonyl (C=O) groups is 2. The van der Waals surface area contributed by atoms with Gasteiger partial charge in [0.05, 0.1) is 5.56 Å².